The number of nitrogens with one attached hydrogen (secondary N) is 1. The largest absolute Gasteiger partial charge is 0.353 e. The summed E-state index contributed by atoms with van der Waals surface area (Å²) in [6, 6.07) is -0.755. The van der Waals surface area contributed by atoms with Crippen LogP contribution in [0.15, 0.2) is 0 Å². The fraction of sp³-hybridized carbons (Fsp3) is 0.636. The summed E-state index contributed by atoms with van der Waals surface area (Å²) in [5.41, 5.74) is 0. The Labute approximate surface area is 115 Å². The maximum Gasteiger partial charge on any atom is 0.325 e. The molecular weight excluding hydrogens is 266 g/mol. The van der Waals surface area contributed by atoms with E-state index >= 15 is 0 Å². The van der Waals surface area contributed by atoms with Crippen molar-refractivity contribution in [3.63, 3.8) is 0 Å². The highest BCUT2D eigenvalue weighted by Crippen LogP contribution is 2.18. The molecule has 3 amide bonds. The van der Waals surface area contributed by atoms with Crippen LogP contribution in [0.5, 0.6) is 0 Å². The first-order valence-electron chi connectivity index (χ1n) is 6.14. The van der Waals surface area contributed by atoms with Crippen LogP contribution in [0.2, 0.25) is 0 Å². The molecule has 0 spiro atoms. The first-order valence-corrected chi connectivity index (χ1v) is 6.92. The van der Waals surface area contributed by atoms with E-state index in [9.17, 15) is 9.59 Å². The van der Waals surface area contributed by atoms with Crippen LogP contribution in [0, 0.1) is 0 Å². The molecule has 1 aliphatic rings. The molecule has 1 N–H and O–H groups in total. The SMILES string of the molecule is CCC[C@@H]1NC(=O)N(Cc2nsc(N(C)C)n2)C1=O. The van der Waals surface area contributed by atoms with Crippen molar-refractivity contribution in [1.82, 2.24) is 19.6 Å². The van der Waals surface area contributed by atoms with Crippen LogP contribution in [0.4, 0.5) is 9.93 Å². The average Bonchev–Trinajstić information content (AvgIpc) is 2.91. The number of amides is 3. The smallest absolute Gasteiger partial charge is 0.325 e. The van der Waals surface area contributed by atoms with E-state index in [0.717, 1.165) is 11.6 Å². The first kappa shape index (κ1) is 13.7. The highest BCUT2D eigenvalue weighted by Gasteiger charge is 2.37. The predicted octanol–water partition coefficient (Wildman–Crippen LogP) is 0.825. The molecule has 0 radical (unpaired) electrons. The fourth-order valence-corrected chi connectivity index (χ4v) is 2.44. The summed E-state index contributed by atoms with van der Waals surface area (Å²) >= 11 is 1.25. The molecule has 1 aliphatic heterocycles. The molecule has 0 saturated carbocycles. The summed E-state index contributed by atoms with van der Waals surface area (Å²) in [5.74, 6) is 0.308. The van der Waals surface area contributed by atoms with Gasteiger partial charge in [0.25, 0.3) is 5.91 Å². The van der Waals surface area contributed by atoms with Gasteiger partial charge in [-0.1, -0.05) is 13.3 Å². The van der Waals surface area contributed by atoms with Gasteiger partial charge in [-0.25, -0.2) is 9.78 Å². The number of nitrogens with zero attached hydrogens (tertiary/aromatic N) is 4. The van der Waals surface area contributed by atoms with Gasteiger partial charge in [0, 0.05) is 25.6 Å². The number of aromatic nitrogens is 2. The molecule has 0 aromatic carbocycles. The van der Waals surface area contributed by atoms with Crippen molar-refractivity contribution >= 4 is 28.6 Å². The molecule has 8 heteroatoms. The third kappa shape index (κ3) is 2.83. The first-order chi connectivity index (χ1) is 9.02. The van der Waals surface area contributed by atoms with Gasteiger partial charge in [-0.2, -0.15) is 4.37 Å². The zero-order valence-corrected chi connectivity index (χ0v) is 12.0. The second-order valence-corrected chi connectivity index (χ2v) is 5.33. The summed E-state index contributed by atoms with van der Waals surface area (Å²) in [7, 11) is 3.74. The Balaban J connectivity index is 2.05. The van der Waals surface area contributed by atoms with Crippen LogP contribution in [-0.4, -0.2) is 46.3 Å². The lowest BCUT2D eigenvalue weighted by molar-refractivity contribution is -0.128. The van der Waals surface area contributed by atoms with Gasteiger partial charge in [-0.3, -0.25) is 9.69 Å². The van der Waals surface area contributed by atoms with Crippen molar-refractivity contribution in [3.8, 4) is 0 Å². The summed E-state index contributed by atoms with van der Waals surface area (Å²) in [4.78, 5) is 31.1. The van der Waals surface area contributed by atoms with Gasteiger partial charge in [0.05, 0.1) is 6.54 Å². The molecule has 1 fully saturated rings. The molecule has 0 unspecified atom stereocenters. The monoisotopic (exact) mass is 283 g/mol. The van der Waals surface area contributed by atoms with E-state index in [0.29, 0.717) is 12.2 Å². The van der Waals surface area contributed by atoms with Gasteiger partial charge in [-0.05, 0) is 6.42 Å². The summed E-state index contributed by atoms with van der Waals surface area (Å²) in [6.07, 6.45) is 1.51. The van der Waals surface area contributed by atoms with Gasteiger partial charge in [-0.15, -0.1) is 0 Å². The second kappa shape index (κ2) is 5.52. The standard InChI is InChI=1S/C11H17N5O2S/c1-4-5-7-9(17)16(10(18)12-7)6-8-13-11(15(2)3)19-14-8/h7H,4-6H2,1-3H3,(H,12,18)/t7-/m0/s1. The minimum Gasteiger partial charge on any atom is -0.353 e. The number of hydrogen-bond acceptors (Lipinski definition) is 6. The fourth-order valence-electron chi connectivity index (χ4n) is 1.84. The van der Waals surface area contributed by atoms with Crippen molar-refractivity contribution in [2.24, 2.45) is 0 Å². The molecular formula is C11H17N5O2S. The minimum atomic E-state index is -0.399. The Kier molecular flexibility index (Phi) is 3.98. The number of anilines is 1. The lowest BCUT2D eigenvalue weighted by atomic mass is 10.2. The van der Waals surface area contributed by atoms with E-state index in [1.54, 1.807) is 0 Å². The predicted molar refractivity (Wildman–Crippen MR) is 72.0 cm³/mol. The van der Waals surface area contributed by atoms with E-state index in [1.165, 1.54) is 16.4 Å². The number of urea groups is 1. The Morgan fingerprint density at radius 1 is 1.42 bits per heavy atom. The minimum absolute atomic E-state index is 0.134. The lowest BCUT2D eigenvalue weighted by Crippen LogP contribution is -2.31. The van der Waals surface area contributed by atoms with Crippen LogP contribution in [0.25, 0.3) is 0 Å². The highest BCUT2D eigenvalue weighted by atomic mass is 32.1. The quantitative estimate of drug-likeness (QED) is 0.810. The Bertz CT molecular complexity index is 487. The Morgan fingerprint density at radius 3 is 2.74 bits per heavy atom. The summed E-state index contributed by atoms with van der Waals surface area (Å²) in [6.45, 7) is 2.11. The van der Waals surface area contributed by atoms with Crippen molar-refractivity contribution in [2.75, 3.05) is 19.0 Å². The molecule has 7 nitrogen and oxygen atoms in total. The summed E-state index contributed by atoms with van der Waals surface area (Å²) < 4.78 is 4.16. The molecule has 104 valence electrons. The molecule has 1 saturated heterocycles. The number of carbonyl (C=O) groups excluding carboxylic acids is 2. The maximum atomic E-state index is 12.0. The molecule has 2 heterocycles. The van der Waals surface area contributed by atoms with Gasteiger partial charge in [0.15, 0.2) is 5.82 Å². The zero-order valence-electron chi connectivity index (χ0n) is 11.2. The molecule has 0 bridgehead atoms. The van der Waals surface area contributed by atoms with Crippen LogP contribution >= 0.6 is 11.5 Å². The highest BCUT2D eigenvalue weighted by molar-refractivity contribution is 7.09. The lowest BCUT2D eigenvalue weighted by Gasteiger charge is -2.10. The topological polar surface area (TPSA) is 78.4 Å². The van der Waals surface area contributed by atoms with Crippen molar-refractivity contribution < 1.29 is 9.59 Å². The van der Waals surface area contributed by atoms with E-state index < -0.39 is 6.04 Å². The maximum absolute atomic E-state index is 12.0. The zero-order chi connectivity index (χ0) is 14.0. The molecule has 1 aromatic rings. The van der Waals surface area contributed by atoms with Crippen LogP contribution in [-0.2, 0) is 11.3 Å². The Hall–Kier alpha value is -1.70. The van der Waals surface area contributed by atoms with Gasteiger partial charge < -0.3 is 10.2 Å². The third-order valence-electron chi connectivity index (χ3n) is 2.82. The van der Waals surface area contributed by atoms with E-state index in [2.05, 4.69) is 14.7 Å². The molecule has 0 aliphatic carbocycles. The van der Waals surface area contributed by atoms with E-state index in [1.807, 2.05) is 25.9 Å². The molecule has 1 aromatic heterocycles. The normalized spacial score (nSPS) is 18.9. The van der Waals surface area contributed by atoms with Gasteiger partial charge in [0.1, 0.15) is 6.04 Å². The Morgan fingerprint density at radius 2 is 2.16 bits per heavy atom. The van der Waals surface area contributed by atoms with Gasteiger partial charge >= 0.3 is 6.03 Å². The molecule has 2 rings (SSSR count). The van der Waals surface area contributed by atoms with Crippen LogP contribution in [0.3, 0.4) is 0 Å². The molecule has 19 heavy (non-hydrogen) atoms. The number of hydrogen-bond donors (Lipinski definition) is 1. The number of imide groups is 1. The van der Waals surface area contributed by atoms with E-state index in [4.69, 9.17) is 0 Å². The molecule has 1 atom stereocenters. The van der Waals surface area contributed by atoms with Crippen LogP contribution in [0.1, 0.15) is 25.6 Å². The third-order valence-corrected chi connectivity index (χ3v) is 3.75. The average molecular weight is 283 g/mol. The summed E-state index contributed by atoms with van der Waals surface area (Å²) in [5, 5.41) is 3.44. The van der Waals surface area contributed by atoms with Crippen molar-refractivity contribution in [1.29, 1.82) is 0 Å². The number of carbonyl (C=O) groups is 2. The second-order valence-electron chi connectivity index (χ2n) is 4.60. The number of rotatable bonds is 5. The van der Waals surface area contributed by atoms with Gasteiger partial charge in [0.2, 0.25) is 5.13 Å². The van der Waals surface area contributed by atoms with Crippen LogP contribution < -0.4 is 10.2 Å². The van der Waals surface area contributed by atoms with Crippen molar-refractivity contribution in [3.05, 3.63) is 5.82 Å². The van der Waals surface area contributed by atoms with E-state index in [-0.39, 0.29) is 18.5 Å². The van der Waals surface area contributed by atoms with Crippen molar-refractivity contribution in [2.45, 2.75) is 32.4 Å².